The zero-order valence-corrected chi connectivity index (χ0v) is 11.4. The van der Waals surface area contributed by atoms with Crippen LogP contribution in [0.4, 0.5) is 4.39 Å². The van der Waals surface area contributed by atoms with Crippen molar-refractivity contribution in [3.05, 3.63) is 51.7 Å². The lowest BCUT2D eigenvalue weighted by Crippen LogP contribution is -2.13. The van der Waals surface area contributed by atoms with Gasteiger partial charge in [-0.25, -0.2) is 9.37 Å². The molecule has 0 bridgehead atoms. The molecule has 0 aliphatic heterocycles. The Hall–Kier alpha value is -1.26. The molecule has 4 heteroatoms. The van der Waals surface area contributed by atoms with Crippen LogP contribution in [0.25, 0.3) is 0 Å². The molecule has 0 fully saturated rings. The molecular weight excluding hydrogens is 247 g/mol. The van der Waals surface area contributed by atoms with Gasteiger partial charge in [-0.05, 0) is 23.6 Å². The summed E-state index contributed by atoms with van der Waals surface area (Å²) in [6.45, 7) is 4.25. The van der Waals surface area contributed by atoms with Gasteiger partial charge in [-0.15, -0.1) is 11.3 Å². The van der Waals surface area contributed by atoms with Gasteiger partial charge < -0.3 is 5.73 Å². The van der Waals surface area contributed by atoms with Gasteiger partial charge in [-0.2, -0.15) is 0 Å². The van der Waals surface area contributed by atoms with Crippen molar-refractivity contribution in [2.75, 3.05) is 0 Å². The Balaban J connectivity index is 2.06. The number of thiazole rings is 1. The summed E-state index contributed by atoms with van der Waals surface area (Å²) in [5, 5.41) is 3.12. The van der Waals surface area contributed by atoms with Gasteiger partial charge in [0.25, 0.3) is 0 Å². The first-order valence-electron chi connectivity index (χ1n) is 6.01. The maximum Gasteiger partial charge on any atom is 0.123 e. The molecule has 2 rings (SSSR count). The first-order chi connectivity index (χ1) is 8.56. The second-order valence-corrected chi connectivity index (χ2v) is 5.63. The fourth-order valence-electron chi connectivity index (χ4n) is 1.70. The minimum absolute atomic E-state index is 0.128. The molecule has 1 unspecified atom stereocenters. The van der Waals surface area contributed by atoms with E-state index in [-0.39, 0.29) is 11.9 Å². The standard InChI is InChI=1S/C14H17FN2S/c1-9(2)13-8-18-14(17-13)7-12(16)10-3-5-11(15)6-4-10/h3-6,8-9,12H,7,16H2,1-2H3. The maximum atomic E-state index is 12.8. The zero-order chi connectivity index (χ0) is 13.1. The first kappa shape index (κ1) is 13.2. The van der Waals surface area contributed by atoms with Crippen molar-refractivity contribution in [3.8, 4) is 0 Å². The minimum atomic E-state index is -0.234. The molecule has 0 radical (unpaired) electrons. The lowest BCUT2D eigenvalue weighted by atomic mass is 10.1. The van der Waals surface area contributed by atoms with E-state index in [2.05, 4.69) is 24.2 Å². The van der Waals surface area contributed by atoms with Gasteiger partial charge in [0, 0.05) is 17.8 Å². The molecule has 0 saturated heterocycles. The molecule has 1 atom stereocenters. The second-order valence-electron chi connectivity index (χ2n) is 4.68. The third-order valence-corrected chi connectivity index (χ3v) is 3.74. The fraction of sp³-hybridized carbons (Fsp3) is 0.357. The number of nitrogens with zero attached hydrogens (tertiary/aromatic N) is 1. The highest BCUT2D eigenvalue weighted by atomic mass is 32.1. The summed E-state index contributed by atoms with van der Waals surface area (Å²) in [7, 11) is 0. The smallest absolute Gasteiger partial charge is 0.123 e. The minimum Gasteiger partial charge on any atom is -0.324 e. The molecule has 0 amide bonds. The first-order valence-corrected chi connectivity index (χ1v) is 6.89. The summed E-state index contributed by atoms with van der Waals surface area (Å²) in [6.07, 6.45) is 0.697. The second kappa shape index (κ2) is 5.59. The van der Waals surface area contributed by atoms with E-state index in [9.17, 15) is 4.39 Å². The number of nitrogens with two attached hydrogens (primary N) is 1. The van der Waals surface area contributed by atoms with Crippen molar-refractivity contribution >= 4 is 11.3 Å². The van der Waals surface area contributed by atoms with Crippen LogP contribution in [0.15, 0.2) is 29.6 Å². The van der Waals surface area contributed by atoms with E-state index >= 15 is 0 Å². The van der Waals surface area contributed by atoms with Crippen LogP contribution < -0.4 is 5.73 Å². The Morgan fingerprint density at radius 3 is 2.50 bits per heavy atom. The van der Waals surface area contributed by atoms with Gasteiger partial charge in [0.05, 0.1) is 10.7 Å². The van der Waals surface area contributed by atoms with E-state index in [1.165, 1.54) is 12.1 Å². The molecule has 18 heavy (non-hydrogen) atoms. The summed E-state index contributed by atoms with van der Waals surface area (Å²) >= 11 is 1.64. The number of halogens is 1. The van der Waals surface area contributed by atoms with Crippen molar-refractivity contribution in [3.63, 3.8) is 0 Å². The van der Waals surface area contributed by atoms with Gasteiger partial charge >= 0.3 is 0 Å². The molecule has 2 N–H and O–H groups in total. The molecule has 0 saturated carbocycles. The molecule has 1 aromatic carbocycles. The van der Waals surface area contributed by atoms with Gasteiger partial charge in [0.15, 0.2) is 0 Å². The average Bonchev–Trinajstić information content (AvgIpc) is 2.78. The Kier molecular flexibility index (Phi) is 4.09. The molecule has 1 aromatic heterocycles. The number of hydrogen-bond acceptors (Lipinski definition) is 3. The summed E-state index contributed by atoms with van der Waals surface area (Å²) in [5.41, 5.74) is 8.16. The van der Waals surface area contributed by atoms with Crippen LogP contribution in [0.2, 0.25) is 0 Å². The molecule has 0 aliphatic carbocycles. The fourth-order valence-corrected chi connectivity index (χ4v) is 2.72. The number of aromatic nitrogens is 1. The number of rotatable bonds is 4. The third-order valence-electron chi connectivity index (χ3n) is 2.85. The van der Waals surface area contributed by atoms with Crippen LogP contribution >= 0.6 is 11.3 Å². The molecule has 96 valence electrons. The average molecular weight is 264 g/mol. The Labute approximate surface area is 111 Å². The maximum absolute atomic E-state index is 12.8. The van der Waals surface area contributed by atoms with E-state index in [0.717, 1.165) is 16.3 Å². The highest BCUT2D eigenvalue weighted by molar-refractivity contribution is 7.09. The lowest BCUT2D eigenvalue weighted by Gasteiger charge is -2.10. The van der Waals surface area contributed by atoms with Crippen molar-refractivity contribution in [1.29, 1.82) is 0 Å². The summed E-state index contributed by atoms with van der Waals surface area (Å²) in [6, 6.07) is 6.22. The van der Waals surface area contributed by atoms with E-state index in [4.69, 9.17) is 5.73 Å². The van der Waals surface area contributed by atoms with Gasteiger partial charge in [0.1, 0.15) is 5.82 Å². The van der Waals surface area contributed by atoms with Crippen LogP contribution in [-0.2, 0) is 6.42 Å². The van der Waals surface area contributed by atoms with Crippen molar-refractivity contribution in [2.45, 2.75) is 32.2 Å². The van der Waals surface area contributed by atoms with Gasteiger partial charge in [-0.1, -0.05) is 26.0 Å². The Bertz CT molecular complexity index is 505. The SMILES string of the molecule is CC(C)c1csc(CC(N)c2ccc(F)cc2)n1. The van der Waals surface area contributed by atoms with Crippen molar-refractivity contribution < 1.29 is 4.39 Å². The molecule has 1 heterocycles. The topological polar surface area (TPSA) is 38.9 Å². The molecule has 2 aromatic rings. The van der Waals surface area contributed by atoms with Gasteiger partial charge in [0.2, 0.25) is 0 Å². The van der Waals surface area contributed by atoms with E-state index < -0.39 is 0 Å². The monoisotopic (exact) mass is 264 g/mol. The third kappa shape index (κ3) is 3.15. The van der Waals surface area contributed by atoms with Crippen molar-refractivity contribution in [2.24, 2.45) is 5.73 Å². The normalized spacial score (nSPS) is 12.9. The summed E-state index contributed by atoms with van der Waals surface area (Å²) in [4.78, 5) is 4.56. The van der Waals surface area contributed by atoms with Crippen LogP contribution in [0.1, 0.15) is 42.1 Å². The van der Waals surface area contributed by atoms with Crippen LogP contribution in [-0.4, -0.2) is 4.98 Å². The number of benzene rings is 1. The highest BCUT2D eigenvalue weighted by Gasteiger charge is 2.11. The predicted octanol–water partition coefficient (Wildman–Crippen LogP) is 3.65. The number of hydrogen-bond donors (Lipinski definition) is 1. The van der Waals surface area contributed by atoms with Crippen LogP contribution in [0.5, 0.6) is 0 Å². The largest absolute Gasteiger partial charge is 0.324 e. The van der Waals surface area contributed by atoms with Crippen LogP contribution in [0.3, 0.4) is 0 Å². The quantitative estimate of drug-likeness (QED) is 0.915. The molecular formula is C14H17FN2S. The highest BCUT2D eigenvalue weighted by Crippen LogP contribution is 2.22. The summed E-state index contributed by atoms with van der Waals surface area (Å²) < 4.78 is 12.8. The Morgan fingerprint density at radius 1 is 1.28 bits per heavy atom. The molecule has 0 spiro atoms. The predicted molar refractivity (Wildman–Crippen MR) is 73.2 cm³/mol. The van der Waals surface area contributed by atoms with E-state index in [1.54, 1.807) is 23.5 Å². The zero-order valence-electron chi connectivity index (χ0n) is 10.6. The summed E-state index contributed by atoms with van der Waals surface area (Å²) in [5.74, 6) is 0.208. The molecule has 2 nitrogen and oxygen atoms in total. The lowest BCUT2D eigenvalue weighted by molar-refractivity contribution is 0.624. The Morgan fingerprint density at radius 2 is 1.94 bits per heavy atom. The van der Waals surface area contributed by atoms with E-state index in [0.29, 0.717) is 12.3 Å². The molecule has 0 aliphatic rings. The van der Waals surface area contributed by atoms with Crippen LogP contribution in [0, 0.1) is 5.82 Å². The van der Waals surface area contributed by atoms with Gasteiger partial charge in [-0.3, -0.25) is 0 Å². The van der Waals surface area contributed by atoms with Crippen molar-refractivity contribution in [1.82, 2.24) is 4.98 Å². The van der Waals surface area contributed by atoms with E-state index in [1.807, 2.05) is 0 Å².